The molecule has 0 radical (unpaired) electrons. The highest BCUT2D eigenvalue weighted by atomic mass is 15.1. The molecule has 2 N–H and O–H groups in total. The first-order chi connectivity index (χ1) is 8.63. The molecule has 0 saturated heterocycles. The monoisotopic (exact) mass is 248 g/mol. The molecule has 0 spiro atoms. The van der Waals surface area contributed by atoms with Crippen LogP contribution >= 0.6 is 0 Å². The van der Waals surface area contributed by atoms with E-state index < -0.39 is 0 Å². The van der Waals surface area contributed by atoms with E-state index in [0.717, 1.165) is 25.4 Å². The Morgan fingerprint density at radius 3 is 2.61 bits per heavy atom. The van der Waals surface area contributed by atoms with Crippen LogP contribution in [0.25, 0.3) is 0 Å². The molecule has 0 saturated carbocycles. The standard InChI is InChI=1S/C16H28N2/c1-14(10-11-17)7-6-12-18(3)13-16-9-5-4-8-15(16)2/h4-5,8-9,14H,6-7,10-13,17H2,1-3H3. The molecule has 1 atom stereocenters. The van der Waals surface area contributed by atoms with Crippen molar-refractivity contribution >= 4 is 0 Å². The van der Waals surface area contributed by atoms with Crippen molar-refractivity contribution < 1.29 is 0 Å². The molecule has 18 heavy (non-hydrogen) atoms. The van der Waals surface area contributed by atoms with Gasteiger partial charge in [-0.2, -0.15) is 0 Å². The Kier molecular flexibility index (Phi) is 6.99. The largest absolute Gasteiger partial charge is 0.330 e. The minimum atomic E-state index is 0.766. The van der Waals surface area contributed by atoms with Crippen molar-refractivity contribution in [3.63, 3.8) is 0 Å². The smallest absolute Gasteiger partial charge is 0.0233 e. The zero-order chi connectivity index (χ0) is 13.4. The highest BCUT2D eigenvalue weighted by Gasteiger charge is 2.04. The average Bonchev–Trinajstić information content (AvgIpc) is 2.32. The van der Waals surface area contributed by atoms with Gasteiger partial charge in [-0.15, -0.1) is 0 Å². The van der Waals surface area contributed by atoms with Crippen molar-refractivity contribution in [3.05, 3.63) is 35.4 Å². The van der Waals surface area contributed by atoms with Gasteiger partial charge in [-0.25, -0.2) is 0 Å². The fourth-order valence-electron chi connectivity index (χ4n) is 2.30. The van der Waals surface area contributed by atoms with Crippen molar-refractivity contribution in [2.24, 2.45) is 11.7 Å². The normalized spacial score (nSPS) is 12.9. The molecule has 2 nitrogen and oxygen atoms in total. The first kappa shape index (κ1) is 15.2. The molecule has 0 aliphatic rings. The lowest BCUT2D eigenvalue weighted by molar-refractivity contribution is 0.305. The van der Waals surface area contributed by atoms with Gasteiger partial charge < -0.3 is 10.6 Å². The van der Waals surface area contributed by atoms with Crippen molar-refractivity contribution in [2.45, 2.75) is 39.7 Å². The summed E-state index contributed by atoms with van der Waals surface area (Å²) < 4.78 is 0. The topological polar surface area (TPSA) is 29.3 Å². The van der Waals surface area contributed by atoms with E-state index in [0.29, 0.717) is 0 Å². The maximum Gasteiger partial charge on any atom is 0.0233 e. The Morgan fingerprint density at radius 1 is 1.22 bits per heavy atom. The summed E-state index contributed by atoms with van der Waals surface area (Å²) in [6.07, 6.45) is 3.71. The molecule has 0 heterocycles. The molecule has 0 aromatic heterocycles. The van der Waals surface area contributed by atoms with Gasteiger partial charge >= 0.3 is 0 Å². The van der Waals surface area contributed by atoms with E-state index in [4.69, 9.17) is 5.73 Å². The lowest BCUT2D eigenvalue weighted by Crippen LogP contribution is -2.20. The third-order valence-electron chi connectivity index (χ3n) is 3.60. The van der Waals surface area contributed by atoms with Gasteiger partial charge in [-0.1, -0.05) is 31.2 Å². The Hall–Kier alpha value is -0.860. The van der Waals surface area contributed by atoms with Crippen molar-refractivity contribution in [3.8, 4) is 0 Å². The predicted molar refractivity (Wildman–Crippen MR) is 79.6 cm³/mol. The summed E-state index contributed by atoms with van der Waals surface area (Å²) >= 11 is 0. The zero-order valence-electron chi connectivity index (χ0n) is 12.2. The van der Waals surface area contributed by atoms with Crippen LogP contribution in [0.2, 0.25) is 0 Å². The third-order valence-corrected chi connectivity index (χ3v) is 3.60. The van der Waals surface area contributed by atoms with Gasteiger partial charge in [0.15, 0.2) is 0 Å². The molecule has 0 fully saturated rings. The lowest BCUT2D eigenvalue weighted by Gasteiger charge is -2.19. The second kappa shape index (κ2) is 8.28. The fourth-order valence-corrected chi connectivity index (χ4v) is 2.30. The highest BCUT2D eigenvalue weighted by Crippen LogP contribution is 2.12. The van der Waals surface area contributed by atoms with Gasteiger partial charge in [0, 0.05) is 6.54 Å². The van der Waals surface area contributed by atoms with Crippen LogP contribution in [-0.2, 0) is 6.54 Å². The summed E-state index contributed by atoms with van der Waals surface area (Å²) in [4.78, 5) is 2.41. The van der Waals surface area contributed by atoms with E-state index in [-0.39, 0.29) is 0 Å². The Labute approximate surface area is 112 Å². The number of rotatable bonds is 8. The molecule has 1 rings (SSSR count). The number of aryl methyl sites for hydroxylation is 1. The van der Waals surface area contributed by atoms with E-state index in [1.54, 1.807) is 0 Å². The summed E-state index contributed by atoms with van der Waals surface area (Å²) in [5.74, 6) is 0.766. The number of benzene rings is 1. The van der Waals surface area contributed by atoms with Gasteiger partial charge in [0.1, 0.15) is 0 Å². The minimum Gasteiger partial charge on any atom is -0.330 e. The van der Waals surface area contributed by atoms with Crippen molar-refractivity contribution in [1.29, 1.82) is 0 Å². The summed E-state index contributed by atoms with van der Waals surface area (Å²) in [5, 5.41) is 0. The number of hydrogen-bond donors (Lipinski definition) is 1. The van der Waals surface area contributed by atoms with Crippen LogP contribution in [0, 0.1) is 12.8 Å². The quantitative estimate of drug-likeness (QED) is 0.765. The molecule has 2 heteroatoms. The van der Waals surface area contributed by atoms with E-state index in [1.165, 1.54) is 30.5 Å². The second-order valence-corrected chi connectivity index (χ2v) is 5.49. The van der Waals surface area contributed by atoms with Crippen LogP contribution in [0.5, 0.6) is 0 Å². The van der Waals surface area contributed by atoms with Crippen LogP contribution in [-0.4, -0.2) is 25.0 Å². The number of hydrogen-bond acceptors (Lipinski definition) is 2. The molecule has 0 aliphatic heterocycles. The third kappa shape index (κ3) is 5.65. The zero-order valence-corrected chi connectivity index (χ0v) is 12.2. The molecular formula is C16H28N2. The average molecular weight is 248 g/mol. The van der Waals surface area contributed by atoms with Crippen LogP contribution in [0.1, 0.15) is 37.3 Å². The SMILES string of the molecule is Cc1ccccc1CN(C)CCCC(C)CCN. The van der Waals surface area contributed by atoms with E-state index in [9.17, 15) is 0 Å². The maximum absolute atomic E-state index is 5.57. The van der Waals surface area contributed by atoms with Crippen LogP contribution < -0.4 is 5.73 Å². The Balaban J connectivity index is 2.26. The fraction of sp³-hybridized carbons (Fsp3) is 0.625. The van der Waals surface area contributed by atoms with Gasteiger partial charge in [-0.3, -0.25) is 0 Å². The first-order valence-corrected chi connectivity index (χ1v) is 7.06. The minimum absolute atomic E-state index is 0.766. The highest BCUT2D eigenvalue weighted by molar-refractivity contribution is 5.25. The predicted octanol–water partition coefficient (Wildman–Crippen LogP) is 3.19. The summed E-state index contributed by atoms with van der Waals surface area (Å²) in [7, 11) is 2.21. The number of nitrogens with two attached hydrogens (primary N) is 1. The summed E-state index contributed by atoms with van der Waals surface area (Å²) in [6, 6.07) is 8.64. The second-order valence-electron chi connectivity index (χ2n) is 5.49. The number of nitrogens with zero attached hydrogens (tertiary/aromatic N) is 1. The van der Waals surface area contributed by atoms with Crippen molar-refractivity contribution in [1.82, 2.24) is 4.90 Å². The Bertz CT molecular complexity index is 336. The molecule has 0 amide bonds. The molecule has 0 bridgehead atoms. The van der Waals surface area contributed by atoms with E-state index in [2.05, 4.69) is 50.1 Å². The maximum atomic E-state index is 5.57. The van der Waals surface area contributed by atoms with Gasteiger partial charge in [0.05, 0.1) is 0 Å². The Morgan fingerprint density at radius 2 is 1.94 bits per heavy atom. The molecule has 1 aromatic carbocycles. The molecule has 1 unspecified atom stereocenters. The van der Waals surface area contributed by atoms with Crippen LogP contribution in [0.15, 0.2) is 24.3 Å². The molecule has 1 aromatic rings. The van der Waals surface area contributed by atoms with Gasteiger partial charge in [0.2, 0.25) is 0 Å². The lowest BCUT2D eigenvalue weighted by atomic mass is 10.0. The first-order valence-electron chi connectivity index (χ1n) is 7.06. The van der Waals surface area contributed by atoms with Crippen LogP contribution in [0.4, 0.5) is 0 Å². The molecule has 102 valence electrons. The molecule has 0 aliphatic carbocycles. The van der Waals surface area contributed by atoms with Crippen molar-refractivity contribution in [2.75, 3.05) is 20.1 Å². The summed E-state index contributed by atoms with van der Waals surface area (Å²) in [5.41, 5.74) is 8.40. The van der Waals surface area contributed by atoms with E-state index in [1.807, 2.05) is 0 Å². The molecular weight excluding hydrogens is 220 g/mol. The van der Waals surface area contributed by atoms with Crippen LogP contribution in [0.3, 0.4) is 0 Å². The van der Waals surface area contributed by atoms with E-state index >= 15 is 0 Å². The van der Waals surface area contributed by atoms with Gasteiger partial charge in [-0.05, 0) is 63.4 Å². The summed E-state index contributed by atoms with van der Waals surface area (Å²) in [6.45, 7) is 7.53. The van der Waals surface area contributed by atoms with Gasteiger partial charge in [0.25, 0.3) is 0 Å².